The average molecular weight is 208 g/mol. The summed E-state index contributed by atoms with van der Waals surface area (Å²) in [5.74, 6) is 0.00875. The van der Waals surface area contributed by atoms with Crippen molar-refractivity contribution in [3.05, 3.63) is 0 Å². The van der Waals surface area contributed by atoms with Gasteiger partial charge in [0, 0.05) is 0 Å². The Morgan fingerprint density at radius 3 is 2.38 bits per heavy atom. The lowest BCUT2D eigenvalue weighted by Crippen LogP contribution is -2.28. The largest absolute Gasteiger partial charge is 0.447 e. The fraction of sp³-hybridized carbons (Fsp3) is 0.889. The molecule has 1 aliphatic carbocycles. The zero-order valence-corrected chi connectivity index (χ0v) is 8.81. The summed E-state index contributed by atoms with van der Waals surface area (Å²) in [6, 6.07) is 0. The molecule has 0 heterocycles. The van der Waals surface area contributed by atoms with Crippen molar-refractivity contribution in [2.24, 2.45) is 11.7 Å². The summed E-state index contributed by atoms with van der Waals surface area (Å²) in [6.45, 7) is 1.68. The second-order valence-electron chi connectivity index (χ2n) is 3.48. The van der Waals surface area contributed by atoms with E-state index in [4.69, 9.17) is 10.5 Å². The van der Waals surface area contributed by atoms with E-state index in [0.717, 1.165) is 25.7 Å². The average Bonchev–Trinajstić information content (AvgIpc) is 2.05. The maximum absolute atomic E-state index is 11.3. The van der Waals surface area contributed by atoms with E-state index < -0.39 is 6.23 Å². The van der Waals surface area contributed by atoms with Gasteiger partial charge in [0.2, 0.25) is 0 Å². The fourth-order valence-electron chi connectivity index (χ4n) is 1.62. The first-order chi connectivity index (χ1) is 5.70. The van der Waals surface area contributed by atoms with Crippen molar-refractivity contribution in [3.8, 4) is 0 Å². The lowest BCUT2D eigenvalue weighted by atomic mass is 9.89. The van der Waals surface area contributed by atoms with E-state index in [1.54, 1.807) is 6.92 Å². The van der Waals surface area contributed by atoms with Crippen LogP contribution in [0.5, 0.6) is 0 Å². The summed E-state index contributed by atoms with van der Waals surface area (Å²) < 4.78 is 4.93. The van der Waals surface area contributed by atoms with Crippen molar-refractivity contribution in [2.45, 2.75) is 45.3 Å². The lowest BCUT2D eigenvalue weighted by molar-refractivity contribution is -0.154. The molecule has 1 saturated carbocycles. The van der Waals surface area contributed by atoms with E-state index in [1.165, 1.54) is 6.42 Å². The quantitative estimate of drug-likeness (QED) is 0.555. The molecule has 1 aliphatic rings. The summed E-state index contributed by atoms with van der Waals surface area (Å²) in [6.07, 6.45) is 5.05. The molecule has 0 spiro atoms. The number of nitrogens with two attached hydrogens (primary N) is 1. The van der Waals surface area contributed by atoms with Gasteiger partial charge in [0.05, 0.1) is 5.92 Å². The van der Waals surface area contributed by atoms with Gasteiger partial charge in [-0.3, -0.25) is 10.5 Å². The number of esters is 1. The lowest BCUT2D eigenvalue weighted by Gasteiger charge is -2.20. The van der Waals surface area contributed by atoms with Crippen LogP contribution in [0.3, 0.4) is 0 Å². The van der Waals surface area contributed by atoms with Gasteiger partial charge in [-0.15, -0.1) is 12.4 Å². The van der Waals surface area contributed by atoms with Crippen LogP contribution in [-0.2, 0) is 9.53 Å². The molecule has 1 atom stereocenters. The van der Waals surface area contributed by atoms with Crippen molar-refractivity contribution in [3.63, 3.8) is 0 Å². The molecule has 78 valence electrons. The van der Waals surface area contributed by atoms with Crippen LogP contribution < -0.4 is 5.73 Å². The molecule has 0 aromatic carbocycles. The molecular weight excluding hydrogens is 190 g/mol. The third kappa shape index (κ3) is 4.48. The Morgan fingerprint density at radius 2 is 1.92 bits per heavy atom. The molecule has 0 radical (unpaired) electrons. The van der Waals surface area contributed by atoms with Gasteiger partial charge < -0.3 is 4.74 Å². The van der Waals surface area contributed by atoms with Crippen molar-refractivity contribution in [1.29, 1.82) is 0 Å². The van der Waals surface area contributed by atoms with Gasteiger partial charge in [0.25, 0.3) is 0 Å². The first kappa shape index (κ1) is 12.7. The second-order valence-corrected chi connectivity index (χ2v) is 3.48. The van der Waals surface area contributed by atoms with Crippen LogP contribution in [0.15, 0.2) is 0 Å². The third-order valence-corrected chi connectivity index (χ3v) is 2.24. The van der Waals surface area contributed by atoms with E-state index >= 15 is 0 Å². The van der Waals surface area contributed by atoms with Crippen LogP contribution in [0.1, 0.15) is 39.0 Å². The molecule has 0 aromatic heterocycles. The van der Waals surface area contributed by atoms with Gasteiger partial charge in [0.15, 0.2) is 0 Å². The van der Waals surface area contributed by atoms with Crippen LogP contribution in [0.4, 0.5) is 0 Å². The minimum Gasteiger partial charge on any atom is -0.447 e. The number of carbonyl (C=O) groups excluding carboxylic acids is 1. The van der Waals surface area contributed by atoms with E-state index in [0.29, 0.717) is 0 Å². The number of hydrogen-bond acceptors (Lipinski definition) is 3. The molecule has 13 heavy (non-hydrogen) atoms. The minimum atomic E-state index is -0.459. The highest BCUT2D eigenvalue weighted by atomic mass is 35.5. The zero-order chi connectivity index (χ0) is 8.97. The van der Waals surface area contributed by atoms with Gasteiger partial charge in [0.1, 0.15) is 6.23 Å². The molecule has 0 saturated heterocycles. The van der Waals surface area contributed by atoms with Crippen molar-refractivity contribution in [1.82, 2.24) is 0 Å². The van der Waals surface area contributed by atoms with E-state index in [1.807, 2.05) is 0 Å². The highest BCUT2D eigenvalue weighted by molar-refractivity contribution is 5.85. The molecule has 1 fully saturated rings. The molecule has 0 aliphatic heterocycles. The predicted molar refractivity (Wildman–Crippen MR) is 53.6 cm³/mol. The minimum absolute atomic E-state index is 0. The Balaban J connectivity index is 0.00000144. The maximum atomic E-state index is 11.3. The summed E-state index contributed by atoms with van der Waals surface area (Å²) in [4.78, 5) is 11.3. The standard InChI is InChI=1S/C9H17NO2.ClH/c1-7(10)12-9(11)8-5-3-2-4-6-8;/h7-8H,2-6,10H2,1H3;1H. The Labute approximate surface area is 85.4 Å². The molecule has 0 bridgehead atoms. The Hall–Kier alpha value is -0.280. The van der Waals surface area contributed by atoms with Crippen molar-refractivity contribution in [2.75, 3.05) is 0 Å². The summed E-state index contributed by atoms with van der Waals surface area (Å²) in [7, 11) is 0. The maximum Gasteiger partial charge on any atom is 0.310 e. The van der Waals surface area contributed by atoms with E-state index in [2.05, 4.69) is 0 Å². The summed E-state index contributed by atoms with van der Waals surface area (Å²) in [5.41, 5.74) is 5.36. The number of halogens is 1. The zero-order valence-electron chi connectivity index (χ0n) is 7.99. The van der Waals surface area contributed by atoms with Crippen LogP contribution in [0.2, 0.25) is 0 Å². The van der Waals surface area contributed by atoms with E-state index in [-0.39, 0.29) is 24.3 Å². The topological polar surface area (TPSA) is 52.3 Å². The molecule has 1 rings (SSSR count). The third-order valence-electron chi connectivity index (χ3n) is 2.24. The Bertz CT molecular complexity index is 156. The van der Waals surface area contributed by atoms with Crippen LogP contribution >= 0.6 is 12.4 Å². The monoisotopic (exact) mass is 207 g/mol. The smallest absolute Gasteiger partial charge is 0.310 e. The SMILES string of the molecule is CC(N)OC(=O)C1CCCCC1.Cl. The molecular formula is C9H18ClNO2. The van der Waals surface area contributed by atoms with Crippen LogP contribution in [0.25, 0.3) is 0 Å². The second kappa shape index (κ2) is 6.22. The van der Waals surface area contributed by atoms with Gasteiger partial charge >= 0.3 is 5.97 Å². The molecule has 2 N–H and O–H groups in total. The molecule has 1 unspecified atom stereocenters. The van der Waals surface area contributed by atoms with Crippen LogP contribution in [-0.4, -0.2) is 12.2 Å². The van der Waals surface area contributed by atoms with Gasteiger partial charge in [-0.05, 0) is 19.8 Å². The molecule has 0 amide bonds. The normalized spacial score (nSPS) is 20.2. The Morgan fingerprint density at radius 1 is 1.38 bits per heavy atom. The predicted octanol–water partition coefficient (Wildman–Crippen LogP) is 1.84. The first-order valence-electron chi connectivity index (χ1n) is 4.66. The van der Waals surface area contributed by atoms with Gasteiger partial charge in [-0.1, -0.05) is 19.3 Å². The molecule has 3 nitrogen and oxygen atoms in total. The highest BCUT2D eigenvalue weighted by Gasteiger charge is 2.22. The van der Waals surface area contributed by atoms with Gasteiger partial charge in [-0.2, -0.15) is 0 Å². The first-order valence-corrected chi connectivity index (χ1v) is 4.66. The number of carbonyl (C=O) groups is 1. The fourth-order valence-corrected chi connectivity index (χ4v) is 1.62. The summed E-state index contributed by atoms with van der Waals surface area (Å²) in [5, 5.41) is 0. The molecule has 4 heteroatoms. The van der Waals surface area contributed by atoms with E-state index in [9.17, 15) is 4.79 Å². The summed E-state index contributed by atoms with van der Waals surface area (Å²) >= 11 is 0. The van der Waals surface area contributed by atoms with Crippen LogP contribution in [0, 0.1) is 5.92 Å². The van der Waals surface area contributed by atoms with Crippen molar-refractivity contribution >= 4 is 18.4 Å². The Kier molecular flexibility index (Phi) is 6.08. The van der Waals surface area contributed by atoms with Gasteiger partial charge in [-0.25, -0.2) is 0 Å². The molecule has 0 aromatic rings. The highest BCUT2D eigenvalue weighted by Crippen LogP contribution is 2.24. The number of hydrogen-bond donors (Lipinski definition) is 1. The number of rotatable bonds is 2. The van der Waals surface area contributed by atoms with Crippen molar-refractivity contribution < 1.29 is 9.53 Å². The number of ether oxygens (including phenoxy) is 1.